The Kier molecular flexibility index (Phi) is 3.62. The molecule has 4 heteroatoms. The number of pyridine rings is 1. The average Bonchev–Trinajstić information content (AvgIpc) is 3.22. The van der Waals surface area contributed by atoms with Crippen LogP contribution in [0.5, 0.6) is 0 Å². The highest BCUT2D eigenvalue weighted by molar-refractivity contribution is 5.65. The van der Waals surface area contributed by atoms with Crippen LogP contribution in [0.15, 0.2) is 42.6 Å². The Hall–Kier alpha value is -2.20. The molecule has 1 unspecified atom stereocenters. The van der Waals surface area contributed by atoms with Gasteiger partial charge in [-0.2, -0.15) is 5.10 Å². The normalized spacial score (nSPS) is 17.0. The van der Waals surface area contributed by atoms with Gasteiger partial charge in [-0.05, 0) is 69.1 Å². The van der Waals surface area contributed by atoms with Crippen molar-refractivity contribution >= 4 is 5.65 Å². The monoisotopic (exact) mass is 306 g/mol. The number of aromatic nitrogens is 3. The lowest BCUT2D eigenvalue weighted by atomic mass is 10.0. The van der Waals surface area contributed by atoms with Gasteiger partial charge in [0.1, 0.15) is 5.82 Å². The SMILES string of the molecule is Cc1nc2ccc(-c3cccc(C(C)N4CCCC4)c3)cn2n1. The van der Waals surface area contributed by atoms with Crippen LogP contribution in [-0.4, -0.2) is 32.6 Å². The molecule has 0 saturated carbocycles. The maximum Gasteiger partial charge on any atom is 0.155 e. The molecule has 1 fully saturated rings. The summed E-state index contributed by atoms with van der Waals surface area (Å²) in [5.74, 6) is 0.804. The van der Waals surface area contributed by atoms with Crippen LogP contribution >= 0.6 is 0 Å². The van der Waals surface area contributed by atoms with Crippen LogP contribution in [0.2, 0.25) is 0 Å². The summed E-state index contributed by atoms with van der Waals surface area (Å²) in [4.78, 5) is 6.96. The van der Waals surface area contributed by atoms with Crippen LogP contribution in [-0.2, 0) is 0 Å². The quantitative estimate of drug-likeness (QED) is 0.736. The van der Waals surface area contributed by atoms with Crippen LogP contribution < -0.4 is 0 Å². The van der Waals surface area contributed by atoms with Crippen molar-refractivity contribution in [3.8, 4) is 11.1 Å². The Bertz CT molecular complexity index is 830. The standard InChI is InChI=1S/C19H22N4/c1-14(22-10-3-4-11-22)16-6-5-7-17(12-16)18-8-9-19-20-15(2)21-23(19)13-18/h5-9,12-14H,3-4,10-11H2,1-2H3. The molecule has 1 saturated heterocycles. The first-order valence-corrected chi connectivity index (χ1v) is 8.38. The number of nitrogens with zero attached hydrogens (tertiary/aromatic N) is 4. The van der Waals surface area contributed by atoms with Crippen molar-refractivity contribution in [2.45, 2.75) is 32.7 Å². The predicted molar refractivity (Wildman–Crippen MR) is 92.4 cm³/mol. The molecule has 1 aliphatic heterocycles. The van der Waals surface area contributed by atoms with Crippen molar-refractivity contribution in [3.63, 3.8) is 0 Å². The van der Waals surface area contributed by atoms with Crippen molar-refractivity contribution < 1.29 is 0 Å². The first kappa shape index (κ1) is 14.4. The third kappa shape index (κ3) is 2.75. The van der Waals surface area contributed by atoms with E-state index in [1.165, 1.54) is 42.6 Å². The molecule has 0 bridgehead atoms. The zero-order chi connectivity index (χ0) is 15.8. The largest absolute Gasteiger partial charge is 0.297 e. The van der Waals surface area contributed by atoms with Crippen molar-refractivity contribution in [1.82, 2.24) is 19.5 Å². The molecule has 23 heavy (non-hydrogen) atoms. The maximum absolute atomic E-state index is 4.42. The molecule has 4 nitrogen and oxygen atoms in total. The lowest BCUT2D eigenvalue weighted by Crippen LogP contribution is -2.23. The molecular weight excluding hydrogens is 284 g/mol. The first-order chi connectivity index (χ1) is 11.2. The fourth-order valence-corrected chi connectivity index (χ4v) is 3.48. The van der Waals surface area contributed by atoms with Crippen LogP contribution in [0.25, 0.3) is 16.8 Å². The molecule has 1 atom stereocenters. The molecule has 0 amide bonds. The summed E-state index contributed by atoms with van der Waals surface area (Å²) in [5.41, 5.74) is 4.70. The van der Waals surface area contributed by atoms with E-state index in [-0.39, 0.29) is 0 Å². The lowest BCUT2D eigenvalue weighted by molar-refractivity contribution is 0.263. The second kappa shape index (κ2) is 5.78. The fourth-order valence-electron chi connectivity index (χ4n) is 3.48. The Balaban J connectivity index is 1.68. The number of benzene rings is 1. The van der Waals surface area contributed by atoms with E-state index in [0.717, 1.165) is 11.5 Å². The first-order valence-electron chi connectivity index (χ1n) is 8.38. The van der Waals surface area contributed by atoms with E-state index in [1.54, 1.807) is 0 Å². The van der Waals surface area contributed by atoms with Crippen molar-refractivity contribution in [2.75, 3.05) is 13.1 Å². The number of aryl methyl sites for hydroxylation is 1. The molecule has 0 spiro atoms. The number of likely N-dealkylation sites (tertiary alicyclic amines) is 1. The summed E-state index contributed by atoms with van der Waals surface area (Å²) in [6.45, 7) is 6.67. The van der Waals surface area contributed by atoms with Gasteiger partial charge in [-0.3, -0.25) is 4.90 Å². The summed E-state index contributed by atoms with van der Waals surface area (Å²) in [7, 11) is 0. The molecule has 2 aromatic heterocycles. The topological polar surface area (TPSA) is 33.4 Å². The summed E-state index contributed by atoms with van der Waals surface area (Å²) in [5, 5.41) is 4.42. The number of hydrogen-bond acceptors (Lipinski definition) is 3. The molecular formula is C19H22N4. The van der Waals surface area contributed by atoms with Gasteiger partial charge in [0, 0.05) is 17.8 Å². The number of fused-ring (bicyclic) bond motifs is 1. The van der Waals surface area contributed by atoms with E-state index in [2.05, 4.69) is 58.4 Å². The third-order valence-electron chi connectivity index (χ3n) is 4.83. The van der Waals surface area contributed by atoms with Gasteiger partial charge in [0.05, 0.1) is 0 Å². The van der Waals surface area contributed by atoms with E-state index in [1.807, 2.05) is 17.5 Å². The zero-order valence-corrected chi connectivity index (χ0v) is 13.7. The van der Waals surface area contributed by atoms with Crippen LogP contribution in [0.1, 0.15) is 37.2 Å². The van der Waals surface area contributed by atoms with Crippen molar-refractivity contribution in [1.29, 1.82) is 0 Å². The highest BCUT2D eigenvalue weighted by Crippen LogP contribution is 2.28. The molecule has 0 aliphatic carbocycles. The van der Waals surface area contributed by atoms with E-state index >= 15 is 0 Å². The molecule has 3 aromatic rings. The van der Waals surface area contributed by atoms with Gasteiger partial charge in [-0.15, -0.1) is 0 Å². The van der Waals surface area contributed by atoms with Crippen LogP contribution in [0, 0.1) is 6.92 Å². The van der Waals surface area contributed by atoms with Crippen LogP contribution in [0.3, 0.4) is 0 Å². The summed E-state index contributed by atoms with van der Waals surface area (Å²) < 4.78 is 1.86. The minimum absolute atomic E-state index is 0.481. The summed E-state index contributed by atoms with van der Waals surface area (Å²) in [6, 6.07) is 13.5. The maximum atomic E-state index is 4.42. The van der Waals surface area contributed by atoms with Gasteiger partial charge >= 0.3 is 0 Å². The Labute approximate surface area is 136 Å². The van der Waals surface area contributed by atoms with E-state index < -0.39 is 0 Å². The fraction of sp³-hybridized carbons (Fsp3) is 0.368. The smallest absolute Gasteiger partial charge is 0.155 e. The summed E-state index contributed by atoms with van der Waals surface area (Å²) in [6.07, 6.45) is 4.72. The van der Waals surface area contributed by atoms with E-state index in [9.17, 15) is 0 Å². The Morgan fingerprint density at radius 1 is 1.04 bits per heavy atom. The average molecular weight is 306 g/mol. The second-order valence-corrected chi connectivity index (χ2v) is 6.42. The van der Waals surface area contributed by atoms with Gasteiger partial charge in [0.2, 0.25) is 0 Å². The van der Waals surface area contributed by atoms with Gasteiger partial charge in [0.15, 0.2) is 5.65 Å². The predicted octanol–water partition coefficient (Wildman–Crippen LogP) is 3.86. The highest BCUT2D eigenvalue weighted by Gasteiger charge is 2.19. The molecule has 118 valence electrons. The molecule has 0 N–H and O–H groups in total. The van der Waals surface area contributed by atoms with Gasteiger partial charge < -0.3 is 0 Å². The molecule has 1 aromatic carbocycles. The zero-order valence-electron chi connectivity index (χ0n) is 13.7. The third-order valence-corrected chi connectivity index (χ3v) is 4.83. The van der Waals surface area contributed by atoms with Gasteiger partial charge in [-0.25, -0.2) is 9.50 Å². The minimum Gasteiger partial charge on any atom is -0.297 e. The van der Waals surface area contributed by atoms with E-state index in [4.69, 9.17) is 0 Å². The van der Waals surface area contributed by atoms with Crippen molar-refractivity contribution in [3.05, 3.63) is 54.0 Å². The molecule has 4 rings (SSSR count). The van der Waals surface area contributed by atoms with Gasteiger partial charge in [-0.1, -0.05) is 18.2 Å². The molecule has 1 aliphatic rings. The summed E-state index contributed by atoms with van der Waals surface area (Å²) >= 11 is 0. The van der Waals surface area contributed by atoms with E-state index in [0.29, 0.717) is 6.04 Å². The Morgan fingerprint density at radius 3 is 2.70 bits per heavy atom. The van der Waals surface area contributed by atoms with Crippen molar-refractivity contribution in [2.24, 2.45) is 0 Å². The number of hydrogen-bond donors (Lipinski definition) is 0. The van der Waals surface area contributed by atoms with Crippen LogP contribution in [0.4, 0.5) is 0 Å². The van der Waals surface area contributed by atoms with Gasteiger partial charge in [0.25, 0.3) is 0 Å². The molecule has 0 radical (unpaired) electrons. The number of rotatable bonds is 3. The lowest BCUT2D eigenvalue weighted by Gasteiger charge is -2.24. The minimum atomic E-state index is 0.481. The highest BCUT2D eigenvalue weighted by atomic mass is 15.3. The second-order valence-electron chi connectivity index (χ2n) is 6.42. The Morgan fingerprint density at radius 2 is 1.87 bits per heavy atom. The molecule has 3 heterocycles.